The lowest BCUT2D eigenvalue weighted by molar-refractivity contribution is -0.864. The third kappa shape index (κ3) is 13.3. The molecule has 0 spiro atoms. The van der Waals surface area contributed by atoms with Crippen molar-refractivity contribution >= 4 is 43.9 Å². The highest BCUT2D eigenvalue weighted by atomic mass is 32.3. The molecule has 0 bridgehead atoms. The molecule has 2 atom stereocenters. The predicted molar refractivity (Wildman–Crippen MR) is 104 cm³/mol. The van der Waals surface area contributed by atoms with Crippen molar-refractivity contribution in [3.05, 3.63) is 12.2 Å². The third-order valence-corrected chi connectivity index (χ3v) is 8.41. The number of carbonyl (C=O) groups excluding carboxylic acids is 2. The number of carboxylic acids is 1. The molecule has 148 valence electrons. The van der Waals surface area contributed by atoms with Crippen LogP contribution in [0.1, 0.15) is 20.3 Å². The molecule has 0 amide bonds. The molecule has 0 aliphatic rings. The van der Waals surface area contributed by atoms with Gasteiger partial charge in [-0.3, -0.25) is 4.55 Å². The second-order valence-electron chi connectivity index (χ2n) is 6.37. The number of carbonyl (C=O) groups is 2. The van der Waals surface area contributed by atoms with Crippen LogP contribution in [0, 0.1) is 0 Å². The molecule has 1 N–H and O–H groups in total. The molecule has 25 heavy (non-hydrogen) atoms. The van der Waals surface area contributed by atoms with Crippen LogP contribution in [0.4, 0.5) is 0 Å². The normalized spacial score (nSPS) is 14.0. The van der Waals surface area contributed by atoms with E-state index in [2.05, 4.69) is 6.58 Å². The second-order valence-corrected chi connectivity index (χ2v) is 11.5. The summed E-state index contributed by atoms with van der Waals surface area (Å²) in [6.45, 7) is 6.85. The zero-order chi connectivity index (χ0) is 20.4. The molecular formula is C15H30NO6S3+. The van der Waals surface area contributed by atoms with Crippen molar-refractivity contribution in [2.45, 2.75) is 24.9 Å². The number of nitrogens with zero attached hydrogens (tertiary/aromatic N) is 1. The summed E-state index contributed by atoms with van der Waals surface area (Å²) in [5, 5.41) is 9.64. The van der Waals surface area contributed by atoms with E-state index >= 15 is 0 Å². The van der Waals surface area contributed by atoms with Crippen molar-refractivity contribution < 1.29 is 32.1 Å². The highest BCUT2D eigenvalue weighted by Gasteiger charge is 2.44. The predicted octanol–water partition coefficient (Wildman–Crippen LogP) is 0.137. The van der Waals surface area contributed by atoms with Crippen molar-refractivity contribution in [1.29, 1.82) is 0 Å². The number of thioether (sulfide) groups is 1. The largest absolute Gasteiger partial charge is 0.544 e. The standard InChI is InChI=1S/C10H18O4S3.C5H11NO2/c1-5-9(17(12,13)14)16(7-6-15-4)10(11)8(2)3;1-6(2,3)4-5(7)8/h9H,2,5-7H2,1,3-4H3;4H2,1-3H3/p+1. The fourth-order valence-electron chi connectivity index (χ4n) is 1.69. The van der Waals surface area contributed by atoms with Gasteiger partial charge in [0.25, 0.3) is 0 Å². The Morgan fingerprint density at radius 3 is 2.00 bits per heavy atom. The summed E-state index contributed by atoms with van der Waals surface area (Å²) in [6.07, 6.45) is 2.12. The van der Waals surface area contributed by atoms with Crippen LogP contribution in [0.3, 0.4) is 0 Å². The van der Waals surface area contributed by atoms with Crippen LogP contribution >= 0.6 is 11.8 Å². The number of rotatable bonds is 9. The molecule has 0 aromatic rings. The second kappa shape index (κ2) is 11.9. The summed E-state index contributed by atoms with van der Waals surface area (Å²) in [7, 11) is 0.218. The number of aliphatic carboxylic acids is 1. The maximum atomic E-state index is 11.9. The molecule has 0 heterocycles. The van der Waals surface area contributed by atoms with Crippen molar-refractivity contribution in [1.82, 2.24) is 0 Å². The number of hydrogen-bond acceptors (Lipinski definition) is 6. The number of quaternary nitrogens is 1. The van der Waals surface area contributed by atoms with Gasteiger partial charge in [-0.05, 0) is 13.2 Å². The lowest BCUT2D eigenvalue weighted by Crippen LogP contribution is -2.45. The van der Waals surface area contributed by atoms with Crippen molar-refractivity contribution in [3.8, 4) is 0 Å². The fraction of sp³-hybridized carbons (Fsp3) is 0.733. The quantitative estimate of drug-likeness (QED) is 0.246. The van der Waals surface area contributed by atoms with E-state index in [-0.39, 0.29) is 18.1 Å². The number of likely N-dealkylation sites (N-methyl/N-ethyl adjacent to an activating group) is 1. The van der Waals surface area contributed by atoms with Crippen molar-refractivity contribution in [2.75, 3.05) is 45.4 Å². The molecule has 0 rings (SSSR count). The van der Waals surface area contributed by atoms with E-state index in [9.17, 15) is 23.1 Å². The van der Waals surface area contributed by atoms with Gasteiger partial charge in [-0.1, -0.05) is 13.5 Å². The van der Waals surface area contributed by atoms with Crippen LogP contribution < -0.4 is 5.11 Å². The zero-order valence-electron chi connectivity index (χ0n) is 15.8. The van der Waals surface area contributed by atoms with Gasteiger partial charge in [0.15, 0.2) is 0 Å². The molecule has 0 aliphatic carbocycles. The third-order valence-electron chi connectivity index (χ3n) is 2.68. The molecule has 10 heteroatoms. The summed E-state index contributed by atoms with van der Waals surface area (Å²) in [6, 6.07) is 0. The van der Waals surface area contributed by atoms with E-state index < -0.39 is 31.6 Å². The van der Waals surface area contributed by atoms with Crippen LogP contribution in [-0.2, 0) is 30.6 Å². The van der Waals surface area contributed by atoms with E-state index in [1.54, 1.807) is 46.8 Å². The smallest absolute Gasteiger partial charge is 0.358 e. The lowest BCUT2D eigenvalue weighted by atomic mass is 10.4. The van der Waals surface area contributed by atoms with E-state index in [4.69, 9.17) is 4.55 Å². The highest BCUT2D eigenvalue weighted by molar-refractivity contribution is 8.20. The molecule has 0 saturated carbocycles. The Morgan fingerprint density at radius 1 is 1.32 bits per heavy atom. The van der Waals surface area contributed by atoms with E-state index in [0.29, 0.717) is 21.6 Å². The molecule has 2 unspecified atom stereocenters. The van der Waals surface area contributed by atoms with Gasteiger partial charge in [0, 0.05) is 17.7 Å². The van der Waals surface area contributed by atoms with Crippen LogP contribution in [0.5, 0.6) is 0 Å². The van der Waals surface area contributed by atoms with E-state index in [1.807, 2.05) is 6.26 Å². The summed E-state index contributed by atoms with van der Waals surface area (Å²) in [4.78, 5) is 21.8. The van der Waals surface area contributed by atoms with Crippen LogP contribution in [-0.4, -0.2) is 78.6 Å². The topological polar surface area (TPSA) is 112 Å². The van der Waals surface area contributed by atoms with Gasteiger partial charge in [-0.15, -0.1) is 0 Å². The maximum absolute atomic E-state index is 11.9. The molecule has 7 nitrogen and oxygen atoms in total. The average Bonchev–Trinajstić information content (AvgIpc) is 2.38. The molecule has 0 fully saturated rings. The first-order chi connectivity index (χ1) is 11.2. The molecule has 0 aliphatic heterocycles. The lowest BCUT2D eigenvalue weighted by Gasteiger charge is -2.23. The monoisotopic (exact) mass is 416 g/mol. The van der Waals surface area contributed by atoms with Gasteiger partial charge >= 0.3 is 15.2 Å². The van der Waals surface area contributed by atoms with E-state index in [0.717, 1.165) is 0 Å². The summed E-state index contributed by atoms with van der Waals surface area (Å²) < 4.78 is 31.1. The van der Waals surface area contributed by atoms with Gasteiger partial charge in [-0.25, -0.2) is 4.79 Å². The van der Waals surface area contributed by atoms with Gasteiger partial charge in [0.1, 0.15) is 12.3 Å². The van der Waals surface area contributed by atoms with Gasteiger partial charge in [0.2, 0.25) is 4.58 Å². The molecular weight excluding hydrogens is 386 g/mol. The summed E-state index contributed by atoms with van der Waals surface area (Å²) in [5.74, 6) is 0.150. The van der Waals surface area contributed by atoms with E-state index in [1.165, 1.54) is 0 Å². The van der Waals surface area contributed by atoms with Crippen LogP contribution in [0.2, 0.25) is 0 Å². The Kier molecular flexibility index (Phi) is 12.8. The maximum Gasteiger partial charge on any atom is 0.358 e. The Bertz CT molecular complexity index is 554. The minimum atomic E-state index is -4.18. The summed E-state index contributed by atoms with van der Waals surface area (Å²) >= 11 is 1.55. The Labute approximate surface area is 158 Å². The van der Waals surface area contributed by atoms with Gasteiger partial charge in [0.05, 0.1) is 38.0 Å². The Morgan fingerprint density at radius 2 is 1.80 bits per heavy atom. The Hall–Kier alpha value is -0.550. The summed E-state index contributed by atoms with van der Waals surface area (Å²) in [5.41, 5.74) is 0.344. The minimum absolute atomic E-state index is 0.0694. The first kappa shape index (κ1) is 26.7. The highest BCUT2D eigenvalue weighted by Crippen LogP contribution is 2.21. The van der Waals surface area contributed by atoms with Gasteiger partial charge in [-0.2, -0.15) is 20.2 Å². The molecule has 0 radical (unpaired) electrons. The first-order valence-corrected chi connectivity index (χ1v) is 11.9. The van der Waals surface area contributed by atoms with Crippen LogP contribution in [0.15, 0.2) is 12.2 Å². The van der Waals surface area contributed by atoms with Crippen molar-refractivity contribution in [2.24, 2.45) is 0 Å². The van der Waals surface area contributed by atoms with Crippen molar-refractivity contribution in [3.63, 3.8) is 0 Å². The SMILES string of the molecule is C=C(C)C(=O)[S+](CCSC)C(CC)S(=O)(=O)O.C[N+](C)(C)CC(=O)[O-]. The van der Waals surface area contributed by atoms with Gasteiger partial charge < -0.3 is 14.4 Å². The molecule has 0 aromatic heterocycles. The fourth-order valence-corrected chi connectivity index (χ4v) is 6.75. The van der Waals surface area contributed by atoms with Crippen LogP contribution in [0.25, 0.3) is 0 Å². The zero-order valence-corrected chi connectivity index (χ0v) is 18.2. The average molecular weight is 417 g/mol. The molecule has 0 saturated heterocycles. The Balaban J connectivity index is 0. The first-order valence-electron chi connectivity index (χ1n) is 7.52. The molecule has 0 aromatic carbocycles. The number of carboxylic acid groups (broad SMARTS) is 1. The minimum Gasteiger partial charge on any atom is -0.544 e. The number of hydrogen-bond donors (Lipinski definition) is 1.